The summed E-state index contributed by atoms with van der Waals surface area (Å²) in [5, 5.41) is 8.15. The number of halogens is 2. The standard InChI is InChI=1S/C6H12F2O/c1-3-5(2)6(7,8)4-9/h5,9H,3-4H2,1-2H3. The zero-order valence-electron chi connectivity index (χ0n) is 5.69. The summed E-state index contributed by atoms with van der Waals surface area (Å²) in [6.45, 7) is 2.06. The van der Waals surface area contributed by atoms with Gasteiger partial charge in [-0.05, 0) is 6.42 Å². The SMILES string of the molecule is CCC(C)C(F)(F)CO. The van der Waals surface area contributed by atoms with Gasteiger partial charge in [0.1, 0.15) is 6.61 Å². The molecule has 0 saturated heterocycles. The molecule has 0 radical (unpaired) electrons. The molecule has 1 unspecified atom stereocenters. The Bertz CT molecular complexity index is 83.1. The first-order valence-corrected chi connectivity index (χ1v) is 3.03. The first-order valence-electron chi connectivity index (χ1n) is 3.03. The lowest BCUT2D eigenvalue weighted by molar-refractivity contribution is -0.0928. The Morgan fingerprint density at radius 1 is 1.56 bits per heavy atom. The van der Waals surface area contributed by atoms with Crippen molar-refractivity contribution in [2.24, 2.45) is 5.92 Å². The number of hydrogen-bond donors (Lipinski definition) is 1. The number of alkyl halides is 2. The third-order valence-corrected chi connectivity index (χ3v) is 1.54. The van der Waals surface area contributed by atoms with E-state index in [0.29, 0.717) is 6.42 Å². The summed E-state index contributed by atoms with van der Waals surface area (Å²) in [5.74, 6) is -3.61. The fraction of sp³-hybridized carbons (Fsp3) is 1.00. The van der Waals surface area contributed by atoms with Gasteiger partial charge >= 0.3 is 0 Å². The summed E-state index contributed by atoms with van der Waals surface area (Å²) in [5.41, 5.74) is 0. The van der Waals surface area contributed by atoms with Gasteiger partial charge in [0.15, 0.2) is 0 Å². The van der Waals surface area contributed by atoms with Gasteiger partial charge in [-0.3, -0.25) is 0 Å². The monoisotopic (exact) mass is 138 g/mol. The second-order valence-electron chi connectivity index (χ2n) is 2.23. The molecular weight excluding hydrogens is 126 g/mol. The van der Waals surface area contributed by atoms with Crippen LogP contribution >= 0.6 is 0 Å². The molecule has 0 aromatic rings. The molecule has 56 valence electrons. The highest BCUT2D eigenvalue weighted by Gasteiger charge is 2.33. The van der Waals surface area contributed by atoms with Crippen molar-refractivity contribution in [3.05, 3.63) is 0 Å². The summed E-state index contributed by atoms with van der Waals surface area (Å²) in [6, 6.07) is 0. The van der Waals surface area contributed by atoms with Gasteiger partial charge in [0.25, 0.3) is 5.92 Å². The van der Waals surface area contributed by atoms with Crippen molar-refractivity contribution < 1.29 is 13.9 Å². The van der Waals surface area contributed by atoms with Gasteiger partial charge < -0.3 is 5.11 Å². The van der Waals surface area contributed by atoms with Crippen LogP contribution in [-0.4, -0.2) is 17.6 Å². The van der Waals surface area contributed by atoms with E-state index < -0.39 is 18.4 Å². The zero-order valence-corrected chi connectivity index (χ0v) is 5.69. The smallest absolute Gasteiger partial charge is 0.273 e. The van der Waals surface area contributed by atoms with Crippen molar-refractivity contribution in [1.29, 1.82) is 0 Å². The van der Waals surface area contributed by atoms with Crippen LogP contribution < -0.4 is 0 Å². The lowest BCUT2D eigenvalue weighted by Gasteiger charge is -2.19. The second kappa shape index (κ2) is 3.11. The van der Waals surface area contributed by atoms with Crippen LogP contribution in [0.4, 0.5) is 8.78 Å². The summed E-state index contributed by atoms with van der Waals surface area (Å²) in [4.78, 5) is 0. The van der Waals surface area contributed by atoms with Crippen LogP contribution in [0.3, 0.4) is 0 Å². The highest BCUT2D eigenvalue weighted by Crippen LogP contribution is 2.25. The molecule has 0 fully saturated rings. The number of hydrogen-bond acceptors (Lipinski definition) is 1. The van der Waals surface area contributed by atoms with Crippen molar-refractivity contribution in [3.8, 4) is 0 Å². The average Bonchev–Trinajstić information content (AvgIpc) is 1.86. The van der Waals surface area contributed by atoms with Crippen LogP contribution in [0, 0.1) is 5.92 Å². The predicted molar refractivity (Wildman–Crippen MR) is 31.5 cm³/mol. The normalized spacial score (nSPS) is 15.7. The van der Waals surface area contributed by atoms with E-state index >= 15 is 0 Å². The van der Waals surface area contributed by atoms with E-state index in [0.717, 1.165) is 0 Å². The maximum atomic E-state index is 12.3. The Hall–Kier alpha value is -0.180. The maximum Gasteiger partial charge on any atom is 0.273 e. The fourth-order valence-electron chi connectivity index (χ4n) is 0.454. The zero-order chi connectivity index (χ0) is 7.49. The van der Waals surface area contributed by atoms with Gasteiger partial charge in [-0.15, -0.1) is 0 Å². The topological polar surface area (TPSA) is 20.2 Å². The molecule has 0 saturated carbocycles. The summed E-state index contributed by atoms with van der Waals surface area (Å²) < 4.78 is 24.6. The highest BCUT2D eigenvalue weighted by atomic mass is 19.3. The van der Waals surface area contributed by atoms with Gasteiger partial charge in [-0.2, -0.15) is 0 Å². The van der Waals surface area contributed by atoms with Gasteiger partial charge in [0.2, 0.25) is 0 Å². The molecule has 0 rings (SSSR count). The van der Waals surface area contributed by atoms with E-state index in [1.54, 1.807) is 6.92 Å². The van der Waals surface area contributed by atoms with E-state index in [1.165, 1.54) is 6.92 Å². The highest BCUT2D eigenvalue weighted by molar-refractivity contribution is 4.70. The Morgan fingerprint density at radius 3 is 2.11 bits per heavy atom. The summed E-state index contributed by atoms with van der Waals surface area (Å²) in [6.07, 6.45) is 0.396. The third-order valence-electron chi connectivity index (χ3n) is 1.54. The predicted octanol–water partition coefficient (Wildman–Crippen LogP) is 1.66. The minimum atomic E-state index is -2.89. The van der Waals surface area contributed by atoms with Crippen LogP contribution in [0.2, 0.25) is 0 Å². The van der Waals surface area contributed by atoms with E-state index in [4.69, 9.17) is 5.11 Å². The van der Waals surface area contributed by atoms with Crippen LogP contribution in [0.25, 0.3) is 0 Å². The van der Waals surface area contributed by atoms with Crippen molar-refractivity contribution in [1.82, 2.24) is 0 Å². The summed E-state index contributed by atoms with van der Waals surface area (Å²) >= 11 is 0. The molecule has 0 aliphatic rings. The quantitative estimate of drug-likeness (QED) is 0.628. The number of rotatable bonds is 3. The molecule has 9 heavy (non-hydrogen) atoms. The maximum absolute atomic E-state index is 12.3. The third kappa shape index (κ3) is 2.26. The molecule has 0 amide bonds. The minimum absolute atomic E-state index is 0.396. The molecular formula is C6H12F2O. The molecule has 0 aromatic carbocycles. The van der Waals surface area contributed by atoms with Crippen LogP contribution in [0.1, 0.15) is 20.3 Å². The van der Waals surface area contributed by atoms with Crippen LogP contribution in [0.5, 0.6) is 0 Å². The van der Waals surface area contributed by atoms with Crippen molar-refractivity contribution in [2.75, 3.05) is 6.61 Å². The molecule has 0 heterocycles. The minimum Gasteiger partial charge on any atom is -0.390 e. The summed E-state index contributed by atoms with van der Waals surface area (Å²) in [7, 11) is 0. The van der Waals surface area contributed by atoms with E-state index in [9.17, 15) is 8.78 Å². The number of aliphatic hydroxyl groups is 1. The molecule has 1 N–H and O–H groups in total. The van der Waals surface area contributed by atoms with E-state index in [-0.39, 0.29) is 0 Å². The van der Waals surface area contributed by atoms with E-state index in [1.807, 2.05) is 0 Å². The molecule has 1 atom stereocenters. The van der Waals surface area contributed by atoms with Gasteiger partial charge in [0, 0.05) is 5.92 Å². The van der Waals surface area contributed by atoms with Crippen molar-refractivity contribution >= 4 is 0 Å². The molecule has 3 heteroatoms. The molecule has 0 bridgehead atoms. The Labute approximate surface area is 53.7 Å². The van der Waals surface area contributed by atoms with Crippen molar-refractivity contribution in [2.45, 2.75) is 26.2 Å². The molecule has 0 aliphatic carbocycles. The Morgan fingerprint density at radius 2 is 2.00 bits per heavy atom. The van der Waals surface area contributed by atoms with Crippen molar-refractivity contribution in [3.63, 3.8) is 0 Å². The Balaban J connectivity index is 3.80. The molecule has 0 aliphatic heterocycles. The molecule has 0 spiro atoms. The van der Waals surface area contributed by atoms with E-state index in [2.05, 4.69) is 0 Å². The largest absolute Gasteiger partial charge is 0.390 e. The molecule has 1 nitrogen and oxygen atoms in total. The fourth-order valence-corrected chi connectivity index (χ4v) is 0.454. The second-order valence-corrected chi connectivity index (χ2v) is 2.23. The van der Waals surface area contributed by atoms with Crippen LogP contribution in [-0.2, 0) is 0 Å². The van der Waals surface area contributed by atoms with Crippen LogP contribution in [0.15, 0.2) is 0 Å². The van der Waals surface area contributed by atoms with Gasteiger partial charge in [-0.1, -0.05) is 13.8 Å². The Kier molecular flexibility index (Phi) is 3.04. The molecule has 0 aromatic heterocycles. The van der Waals surface area contributed by atoms with Gasteiger partial charge in [-0.25, -0.2) is 8.78 Å². The lowest BCUT2D eigenvalue weighted by atomic mass is 10.0. The lowest BCUT2D eigenvalue weighted by Crippen LogP contribution is -2.29. The average molecular weight is 138 g/mol. The first kappa shape index (κ1) is 8.82. The number of aliphatic hydroxyl groups excluding tert-OH is 1. The first-order chi connectivity index (χ1) is 4.04. The van der Waals surface area contributed by atoms with Gasteiger partial charge in [0.05, 0.1) is 0 Å².